The maximum atomic E-state index is 11.6. The van der Waals surface area contributed by atoms with Crippen molar-refractivity contribution in [3.8, 4) is 0 Å². The number of hydrogen-bond donors (Lipinski definition) is 2. The minimum atomic E-state index is -0.103. The lowest BCUT2D eigenvalue weighted by Crippen LogP contribution is -2.25. The minimum absolute atomic E-state index is 0.103. The zero-order valence-electron chi connectivity index (χ0n) is 8.72. The topological polar surface area (TPSA) is 55.1 Å². The third-order valence-corrected chi connectivity index (χ3v) is 2.19. The van der Waals surface area contributed by atoms with Crippen LogP contribution in [-0.4, -0.2) is 19.0 Å². The molecule has 0 aliphatic carbocycles. The first-order chi connectivity index (χ1) is 7.13. The second-order valence-corrected chi connectivity index (χ2v) is 3.85. The van der Waals surface area contributed by atoms with Crippen LogP contribution in [0.2, 0.25) is 5.02 Å². The maximum Gasteiger partial charge on any atom is 0.251 e. The summed E-state index contributed by atoms with van der Waals surface area (Å²) >= 11 is 5.86. The molecule has 0 saturated heterocycles. The smallest absolute Gasteiger partial charge is 0.251 e. The number of nitrogens with two attached hydrogens (primary N) is 1. The number of benzene rings is 1. The Morgan fingerprint density at radius 2 is 2.20 bits per heavy atom. The van der Waals surface area contributed by atoms with Gasteiger partial charge < -0.3 is 11.1 Å². The second-order valence-electron chi connectivity index (χ2n) is 3.42. The molecule has 0 radical (unpaired) electrons. The first kappa shape index (κ1) is 12.0. The van der Waals surface area contributed by atoms with Crippen molar-refractivity contribution in [3.63, 3.8) is 0 Å². The van der Waals surface area contributed by atoms with E-state index in [0.717, 1.165) is 12.0 Å². The van der Waals surface area contributed by atoms with Crippen LogP contribution in [0.15, 0.2) is 18.2 Å². The van der Waals surface area contributed by atoms with Crippen molar-refractivity contribution in [1.29, 1.82) is 0 Å². The Bertz CT molecular complexity index is 332. The van der Waals surface area contributed by atoms with Crippen molar-refractivity contribution in [1.82, 2.24) is 5.32 Å². The van der Waals surface area contributed by atoms with Crippen molar-refractivity contribution in [2.75, 3.05) is 13.1 Å². The number of rotatable bonds is 4. The van der Waals surface area contributed by atoms with Crippen LogP contribution in [0.4, 0.5) is 0 Å². The van der Waals surface area contributed by atoms with Crippen LogP contribution < -0.4 is 11.1 Å². The Balaban J connectivity index is 2.65. The summed E-state index contributed by atoms with van der Waals surface area (Å²) in [5.74, 6) is -0.103. The molecule has 0 fully saturated rings. The number of carbonyl (C=O) groups excluding carboxylic acids is 1. The Labute approximate surface area is 94.6 Å². The lowest BCUT2D eigenvalue weighted by atomic mass is 10.1. The van der Waals surface area contributed by atoms with E-state index in [1.54, 1.807) is 6.07 Å². The molecule has 0 aromatic heterocycles. The monoisotopic (exact) mass is 226 g/mol. The van der Waals surface area contributed by atoms with Crippen LogP contribution in [0.3, 0.4) is 0 Å². The molecule has 15 heavy (non-hydrogen) atoms. The van der Waals surface area contributed by atoms with E-state index in [1.165, 1.54) is 0 Å². The summed E-state index contributed by atoms with van der Waals surface area (Å²) in [7, 11) is 0. The van der Waals surface area contributed by atoms with Crippen LogP contribution in [0.1, 0.15) is 22.3 Å². The van der Waals surface area contributed by atoms with Gasteiger partial charge in [0, 0.05) is 17.1 Å². The predicted octanol–water partition coefficient (Wildman–Crippen LogP) is 1.73. The first-order valence-electron chi connectivity index (χ1n) is 4.89. The Morgan fingerprint density at radius 1 is 1.47 bits per heavy atom. The van der Waals surface area contributed by atoms with E-state index in [0.29, 0.717) is 23.7 Å². The number of hydrogen-bond acceptors (Lipinski definition) is 2. The van der Waals surface area contributed by atoms with Gasteiger partial charge in [-0.2, -0.15) is 0 Å². The molecule has 1 aromatic carbocycles. The number of nitrogens with one attached hydrogen (secondary N) is 1. The predicted molar refractivity (Wildman–Crippen MR) is 62.2 cm³/mol. The number of halogens is 1. The minimum Gasteiger partial charge on any atom is -0.352 e. The molecule has 0 bridgehead atoms. The van der Waals surface area contributed by atoms with Gasteiger partial charge in [-0.1, -0.05) is 11.6 Å². The highest BCUT2D eigenvalue weighted by molar-refractivity contribution is 6.31. The van der Waals surface area contributed by atoms with Gasteiger partial charge in [0.2, 0.25) is 0 Å². The molecule has 0 atom stereocenters. The van der Waals surface area contributed by atoms with Crippen molar-refractivity contribution >= 4 is 17.5 Å². The van der Waals surface area contributed by atoms with Crippen LogP contribution in [0.5, 0.6) is 0 Å². The summed E-state index contributed by atoms with van der Waals surface area (Å²) in [6.07, 6.45) is 0.783. The average Bonchev–Trinajstić information content (AvgIpc) is 2.16. The second kappa shape index (κ2) is 5.73. The maximum absolute atomic E-state index is 11.6. The van der Waals surface area contributed by atoms with Crippen LogP contribution in [0.25, 0.3) is 0 Å². The van der Waals surface area contributed by atoms with Crippen molar-refractivity contribution < 1.29 is 4.79 Å². The van der Waals surface area contributed by atoms with Gasteiger partial charge in [0.15, 0.2) is 0 Å². The summed E-state index contributed by atoms with van der Waals surface area (Å²) < 4.78 is 0. The molecular formula is C11H15ClN2O. The molecule has 0 unspecified atom stereocenters. The highest BCUT2D eigenvalue weighted by Crippen LogP contribution is 2.14. The fourth-order valence-electron chi connectivity index (χ4n) is 1.27. The summed E-state index contributed by atoms with van der Waals surface area (Å²) in [6, 6.07) is 5.29. The van der Waals surface area contributed by atoms with Gasteiger partial charge in [0.1, 0.15) is 0 Å². The van der Waals surface area contributed by atoms with E-state index in [9.17, 15) is 4.79 Å². The van der Waals surface area contributed by atoms with Crippen molar-refractivity contribution in [3.05, 3.63) is 34.3 Å². The average molecular weight is 227 g/mol. The molecule has 0 spiro atoms. The van der Waals surface area contributed by atoms with Crippen LogP contribution in [0, 0.1) is 6.92 Å². The molecule has 1 rings (SSSR count). The van der Waals surface area contributed by atoms with E-state index in [-0.39, 0.29) is 5.91 Å². The molecule has 0 saturated carbocycles. The zero-order chi connectivity index (χ0) is 11.3. The molecule has 3 N–H and O–H groups in total. The lowest BCUT2D eigenvalue weighted by Gasteiger charge is -2.05. The quantitative estimate of drug-likeness (QED) is 0.769. The van der Waals surface area contributed by atoms with Crippen LogP contribution >= 0.6 is 11.6 Å². The molecule has 82 valence electrons. The van der Waals surface area contributed by atoms with E-state index in [2.05, 4.69) is 5.32 Å². The van der Waals surface area contributed by atoms with Crippen LogP contribution in [-0.2, 0) is 0 Å². The zero-order valence-corrected chi connectivity index (χ0v) is 9.47. The van der Waals surface area contributed by atoms with Gasteiger partial charge in [-0.3, -0.25) is 4.79 Å². The van der Waals surface area contributed by atoms with Gasteiger partial charge >= 0.3 is 0 Å². The van der Waals surface area contributed by atoms with E-state index in [4.69, 9.17) is 17.3 Å². The Morgan fingerprint density at radius 3 is 2.80 bits per heavy atom. The molecule has 0 aliphatic heterocycles. The number of aryl methyl sites for hydroxylation is 1. The highest BCUT2D eigenvalue weighted by Gasteiger charge is 2.05. The summed E-state index contributed by atoms with van der Waals surface area (Å²) in [4.78, 5) is 11.6. The van der Waals surface area contributed by atoms with Crippen molar-refractivity contribution in [2.45, 2.75) is 13.3 Å². The summed E-state index contributed by atoms with van der Waals surface area (Å²) in [6.45, 7) is 3.08. The molecule has 1 aromatic rings. The fourth-order valence-corrected chi connectivity index (χ4v) is 1.56. The summed E-state index contributed by atoms with van der Waals surface area (Å²) in [5.41, 5.74) is 6.90. The molecule has 1 amide bonds. The Kier molecular flexibility index (Phi) is 4.59. The SMILES string of the molecule is Cc1cc(Cl)cc(C(=O)NCCCN)c1. The van der Waals surface area contributed by atoms with Gasteiger partial charge in [-0.05, 0) is 43.7 Å². The van der Waals surface area contributed by atoms with Crippen molar-refractivity contribution in [2.24, 2.45) is 5.73 Å². The number of amides is 1. The molecule has 4 heteroatoms. The van der Waals surface area contributed by atoms with Gasteiger partial charge in [-0.25, -0.2) is 0 Å². The highest BCUT2D eigenvalue weighted by atomic mass is 35.5. The molecule has 3 nitrogen and oxygen atoms in total. The molecule has 0 heterocycles. The third-order valence-electron chi connectivity index (χ3n) is 1.97. The van der Waals surface area contributed by atoms with E-state index in [1.807, 2.05) is 19.1 Å². The molecule has 0 aliphatic rings. The largest absolute Gasteiger partial charge is 0.352 e. The third kappa shape index (κ3) is 3.90. The van der Waals surface area contributed by atoms with E-state index >= 15 is 0 Å². The van der Waals surface area contributed by atoms with Gasteiger partial charge in [0.25, 0.3) is 5.91 Å². The number of carbonyl (C=O) groups is 1. The fraction of sp³-hybridized carbons (Fsp3) is 0.364. The van der Waals surface area contributed by atoms with Gasteiger partial charge in [-0.15, -0.1) is 0 Å². The molecular weight excluding hydrogens is 212 g/mol. The normalized spacial score (nSPS) is 10.1. The standard InChI is InChI=1S/C11H15ClN2O/c1-8-5-9(7-10(12)6-8)11(15)14-4-2-3-13/h5-7H,2-4,13H2,1H3,(H,14,15). The summed E-state index contributed by atoms with van der Waals surface area (Å²) in [5, 5.41) is 3.36. The Hall–Kier alpha value is -1.06. The van der Waals surface area contributed by atoms with E-state index < -0.39 is 0 Å². The first-order valence-corrected chi connectivity index (χ1v) is 5.26. The lowest BCUT2D eigenvalue weighted by molar-refractivity contribution is 0.0953. The van der Waals surface area contributed by atoms with Gasteiger partial charge in [0.05, 0.1) is 0 Å².